The molecule has 0 bridgehead atoms. The van der Waals surface area contributed by atoms with E-state index >= 15 is 0 Å². The molecule has 1 aliphatic rings. The molecule has 0 radical (unpaired) electrons. The molecule has 108 valence electrons. The topological polar surface area (TPSA) is 39.1 Å². The third-order valence-corrected chi connectivity index (χ3v) is 4.16. The van der Waals surface area contributed by atoms with E-state index in [0.29, 0.717) is 6.04 Å². The molecule has 1 heterocycles. The first-order valence-corrected chi connectivity index (χ1v) is 7.60. The van der Waals surface area contributed by atoms with Crippen LogP contribution in [0.4, 0.5) is 5.69 Å². The van der Waals surface area contributed by atoms with Crippen LogP contribution in [0.2, 0.25) is 0 Å². The van der Waals surface area contributed by atoms with Gasteiger partial charge in [0.1, 0.15) is 5.54 Å². The van der Waals surface area contributed by atoms with Gasteiger partial charge < -0.3 is 4.90 Å². The molecule has 0 fully saturated rings. The van der Waals surface area contributed by atoms with Gasteiger partial charge in [0.05, 0.1) is 6.07 Å². The predicted octanol–water partition coefficient (Wildman–Crippen LogP) is 3.11. The minimum absolute atomic E-state index is 0.487. The fraction of sp³-hybridized carbons (Fsp3) is 0.588. The number of para-hydroxylation sites is 1. The van der Waals surface area contributed by atoms with E-state index in [1.54, 1.807) is 0 Å². The summed E-state index contributed by atoms with van der Waals surface area (Å²) in [6.07, 6.45) is 3.34. The average Bonchev–Trinajstić information content (AvgIpc) is 2.48. The van der Waals surface area contributed by atoms with Crippen LogP contribution in [-0.4, -0.2) is 24.7 Å². The molecule has 0 aliphatic carbocycles. The summed E-state index contributed by atoms with van der Waals surface area (Å²) in [7, 11) is 0. The summed E-state index contributed by atoms with van der Waals surface area (Å²) in [4.78, 5) is 2.39. The molecule has 0 spiro atoms. The van der Waals surface area contributed by atoms with Gasteiger partial charge in [0, 0.05) is 18.3 Å². The van der Waals surface area contributed by atoms with Gasteiger partial charge in [-0.3, -0.25) is 5.32 Å². The van der Waals surface area contributed by atoms with Crippen LogP contribution in [0.3, 0.4) is 0 Å². The van der Waals surface area contributed by atoms with Crippen LogP contribution in [0.1, 0.15) is 39.2 Å². The zero-order valence-electron chi connectivity index (χ0n) is 12.8. The van der Waals surface area contributed by atoms with Crippen molar-refractivity contribution in [2.24, 2.45) is 0 Å². The molecule has 1 aromatic carbocycles. The van der Waals surface area contributed by atoms with E-state index in [1.807, 2.05) is 6.92 Å². The third kappa shape index (κ3) is 3.13. The van der Waals surface area contributed by atoms with Crippen LogP contribution in [0.15, 0.2) is 24.3 Å². The van der Waals surface area contributed by atoms with E-state index in [4.69, 9.17) is 0 Å². The van der Waals surface area contributed by atoms with Crippen molar-refractivity contribution >= 4 is 5.69 Å². The molecule has 1 aliphatic heterocycles. The van der Waals surface area contributed by atoms with Crippen LogP contribution in [0.5, 0.6) is 0 Å². The van der Waals surface area contributed by atoms with Crippen molar-refractivity contribution in [3.63, 3.8) is 0 Å². The summed E-state index contributed by atoms with van der Waals surface area (Å²) in [5.41, 5.74) is 2.21. The van der Waals surface area contributed by atoms with E-state index in [0.717, 1.165) is 32.4 Å². The largest absolute Gasteiger partial charge is 0.366 e. The highest BCUT2D eigenvalue weighted by Crippen LogP contribution is 2.31. The smallest absolute Gasteiger partial charge is 0.121 e. The number of anilines is 1. The van der Waals surface area contributed by atoms with Gasteiger partial charge in [-0.1, -0.05) is 25.1 Å². The van der Waals surface area contributed by atoms with Crippen molar-refractivity contribution < 1.29 is 0 Å². The number of nitrogens with one attached hydrogen (secondary N) is 1. The van der Waals surface area contributed by atoms with E-state index in [1.165, 1.54) is 11.3 Å². The fourth-order valence-electron chi connectivity index (χ4n) is 2.87. The maximum Gasteiger partial charge on any atom is 0.121 e. The molecule has 2 unspecified atom stereocenters. The number of fused-ring (bicyclic) bond motifs is 1. The van der Waals surface area contributed by atoms with Gasteiger partial charge in [0.15, 0.2) is 0 Å². The van der Waals surface area contributed by atoms with Gasteiger partial charge >= 0.3 is 0 Å². The van der Waals surface area contributed by atoms with Crippen LogP contribution in [0, 0.1) is 11.3 Å². The van der Waals surface area contributed by atoms with Crippen LogP contribution >= 0.6 is 0 Å². The monoisotopic (exact) mass is 271 g/mol. The average molecular weight is 271 g/mol. The molecule has 0 saturated carbocycles. The van der Waals surface area contributed by atoms with E-state index in [9.17, 15) is 5.26 Å². The van der Waals surface area contributed by atoms with Gasteiger partial charge in [-0.05, 0) is 51.3 Å². The normalized spacial score (nSPS) is 20.9. The van der Waals surface area contributed by atoms with E-state index in [2.05, 4.69) is 54.4 Å². The van der Waals surface area contributed by atoms with Gasteiger partial charge in [0.2, 0.25) is 0 Å². The van der Waals surface area contributed by atoms with Crippen molar-refractivity contribution in [2.75, 3.05) is 18.0 Å². The summed E-state index contributed by atoms with van der Waals surface area (Å²) in [6.45, 7) is 8.01. The number of benzene rings is 1. The highest BCUT2D eigenvalue weighted by atomic mass is 15.2. The zero-order valence-corrected chi connectivity index (χ0v) is 12.8. The second-order valence-electron chi connectivity index (χ2n) is 6.01. The zero-order chi connectivity index (χ0) is 14.6. The predicted molar refractivity (Wildman–Crippen MR) is 83.9 cm³/mol. The Balaban J connectivity index is 2.21. The van der Waals surface area contributed by atoms with Crippen LogP contribution in [-0.2, 0) is 6.42 Å². The van der Waals surface area contributed by atoms with Gasteiger partial charge in [-0.15, -0.1) is 0 Å². The minimum atomic E-state index is -0.491. The molecule has 0 amide bonds. The number of hydrogen-bond acceptors (Lipinski definition) is 3. The molecule has 0 aromatic heterocycles. The van der Waals surface area contributed by atoms with Gasteiger partial charge in [-0.2, -0.15) is 5.26 Å². The summed E-state index contributed by atoms with van der Waals surface area (Å²) in [5.74, 6) is 0. The minimum Gasteiger partial charge on any atom is -0.366 e. The molecule has 1 N–H and O–H groups in total. The second kappa shape index (κ2) is 6.28. The van der Waals surface area contributed by atoms with Gasteiger partial charge in [-0.25, -0.2) is 0 Å². The molecule has 2 rings (SSSR count). The number of rotatable bonds is 5. The SMILES string of the molecule is CCCNC(C)(C#N)CN1c2ccccc2CCC1C. The standard InChI is InChI=1S/C17H25N3/c1-4-11-19-17(3,12-18)13-20-14(2)9-10-15-7-5-6-8-16(15)20/h5-8,14,19H,4,9-11,13H2,1-3H3. The fourth-order valence-corrected chi connectivity index (χ4v) is 2.87. The molecular weight excluding hydrogens is 246 g/mol. The van der Waals surface area contributed by atoms with Crippen molar-refractivity contribution in [1.82, 2.24) is 5.32 Å². The molecular formula is C17H25N3. The number of nitriles is 1. The molecule has 20 heavy (non-hydrogen) atoms. The Hall–Kier alpha value is -1.53. The second-order valence-corrected chi connectivity index (χ2v) is 6.01. The first-order chi connectivity index (χ1) is 9.59. The molecule has 3 heteroatoms. The highest BCUT2D eigenvalue weighted by Gasteiger charge is 2.31. The van der Waals surface area contributed by atoms with Crippen molar-refractivity contribution in [3.8, 4) is 6.07 Å². The molecule has 0 saturated heterocycles. The Morgan fingerprint density at radius 2 is 2.20 bits per heavy atom. The summed E-state index contributed by atoms with van der Waals surface area (Å²) in [5, 5.41) is 12.9. The third-order valence-electron chi connectivity index (χ3n) is 4.16. The Kier molecular flexibility index (Phi) is 4.67. The van der Waals surface area contributed by atoms with Crippen molar-refractivity contribution in [2.45, 2.75) is 51.6 Å². The summed E-state index contributed by atoms with van der Waals surface area (Å²) in [6, 6.07) is 11.5. The quantitative estimate of drug-likeness (QED) is 0.894. The summed E-state index contributed by atoms with van der Waals surface area (Å²) >= 11 is 0. The van der Waals surface area contributed by atoms with Crippen LogP contribution in [0.25, 0.3) is 0 Å². The number of aryl methyl sites for hydroxylation is 1. The highest BCUT2D eigenvalue weighted by molar-refractivity contribution is 5.57. The lowest BCUT2D eigenvalue weighted by atomic mass is 9.93. The lowest BCUT2D eigenvalue weighted by Gasteiger charge is -2.41. The lowest BCUT2D eigenvalue weighted by Crippen LogP contribution is -2.54. The Morgan fingerprint density at radius 3 is 2.90 bits per heavy atom. The lowest BCUT2D eigenvalue weighted by molar-refractivity contribution is 0.416. The molecule has 2 atom stereocenters. The first-order valence-electron chi connectivity index (χ1n) is 7.60. The Morgan fingerprint density at radius 1 is 1.45 bits per heavy atom. The van der Waals surface area contributed by atoms with Crippen molar-refractivity contribution in [1.29, 1.82) is 5.26 Å². The molecule has 3 nitrogen and oxygen atoms in total. The first kappa shape index (κ1) is 14.9. The summed E-state index contributed by atoms with van der Waals surface area (Å²) < 4.78 is 0. The maximum atomic E-state index is 9.54. The van der Waals surface area contributed by atoms with Gasteiger partial charge in [0.25, 0.3) is 0 Å². The maximum absolute atomic E-state index is 9.54. The Bertz CT molecular complexity index is 491. The Labute approximate surface area is 122 Å². The number of nitrogens with zero attached hydrogens (tertiary/aromatic N) is 2. The van der Waals surface area contributed by atoms with E-state index < -0.39 is 5.54 Å². The molecule has 1 aromatic rings. The van der Waals surface area contributed by atoms with E-state index in [-0.39, 0.29) is 0 Å². The number of hydrogen-bond donors (Lipinski definition) is 1. The van der Waals surface area contributed by atoms with Crippen molar-refractivity contribution in [3.05, 3.63) is 29.8 Å². The van der Waals surface area contributed by atoms with Crippen LogP contribution < -0.4 is 10.2 Å².